The summed E-state index contributed by atoms with van der Waals surface area (Å²) in [4.78, 5) is 5.12. The molecule has 0 bridgehead atoms. The second kappa shape index (κ2) is 9.13. The van der Waals surface area contributed by atoms with Gasteiger partial charge in [0.2, 0.25) is 0 Å². The molecule has 0 aliphatic carbocycles. The highest BCUT2D eigenvalue weighted by molar-refractivity contribution is 9.10. The smallest absolute Gasteiger partial charge is 0.0545 e. The van der Waals surface area contributed by atoms with Crippen LogP contribution in [0, 0.1) is 0 Å². The Balaban J connectivity index is 1.71. The van der Waals surface area contributed by atoms with E-state index in [4.69, 9.17) is 0 Å². The van der Waals surface area contributed by atoms with Crippen molar-refractivity contribution < 1.29 is 0 Å². The van der Waals surface area contributed by atoms with E-state index >= 15 is 0 Å². The Morgan fingerprint density at radius 1 is 0.724 bits per heavy atom. The summed E-state index contributed by atoms with van der Waals surface area (Å²) < 4.78 is 2.24. The van der Waals surface area contributed by atoms with Crippen LogP contribution in [0.3, 0.4) is 0 Å². The van der Waals surface area contributed by atoms with Crippen LogP contribution in [0.25, 0.3) is 0 Å². The summed E-state index contributed by atoms with van der Waals surface area (Å²) in [5.74, 6) is 0. The van der Waals surface area contributed by atoms with Gasteiger partial charge in [0, 0.05) is 21.5 Å². The molecule has 0 N–H and O–H groups in total. The standard InChI is InChI=1S/C25H26Br2N2/c1-28-17-23(16-18-6-4-3-5-7-18)29(2)25(20-10-14-22(27)15-11-20)24(28)19-8-12-21(26)13-9-19/h3-15,23-25H,16-17H2,1-2H3/t23-,24+,25+/m0/s1. The maximum atomic E-state index is 3.59. The van der Waals surface area contributed by atoms with Gasteiger partial charge in [0.25, 0.3) is 0 Å². The number of rotatable bonds is 4. The SMILES string of the molecule is CN1C[C@H](Cc2ccccc2)N(C)[C@H](c2ccc(Br)cc2)[C@H]1c1ccc(Br)cc1. The van der Waals surface area contributed by atoms with Crippen molar-refractivity contribution in [1.82, 2.24) is 9.80 Å². The van der Waals surface area contributed by atoms with Crippen LogP contribution in [0.4, 0.5) is 0 Å². The van der Waals surface area contributed by atoms with Crippen LogP contribution >= 0.6 is 31.9 Å². The van der Waals surface area contributed by atoms with Gasteiger partial charge < -0.3 is 0 Å². The predicted octanol–water partition coefficient (Wildman–Crippen LogP) is 6.48. The fraction of sp³-hybridized carbons (Fsp3) is 0.280. The molecule has 1 fully saturated rings. The molecule has 3 atom stereocenters. The van der Waals surface area contributed by atoms with Crippen LogP contribution < -0.4 is 0 Å². The van der Waals surface area contributed by atoms with Crippen molar-refractivity contribution in [3.63, 3.8) is 0 Å². The molecule has 150 valence electrons. The molecule has 0 spiro atoms. The van der Waals surface area contributed by atoms with Gasteiger partial charge in [-0.1, -0.05) is 86.5 Å². The zero-order chi connectivity index (χ0) is 20.4. The number of halogens is 2. The van der Waals surface area contributed by atoms with Crippen molar-refractivity contribution in [3.8, 4) is 0 Å². The van der Waals surface area contributed by atoms with Gasteiger partial charge in [-0.25, -0.2) is 0 Å². The Hall–Kier alpha value is -1.46. The van der Waals surface area contributed by atoms with E-state index in [-0.39, 0.29) is 6.04 Å². The summed E-state index contributed by atoms with van der Waals surface area (Å²) in [7, 11) is 4.56. The van der Waals surface area contributed by atoms with Crippen LogP contribution in [0.2, 0.25) is 0 Å². The Morgan fingerprint density at radius 2 is 1.24 bits per heavy atom. The molecular formula is C25H26Br2N2. The molecule has 1 heterocycles. The summed E-state index contributed by atoms with van der Waals surface area (Å²) in [5.41, 5.74) is 4.11. The zero-order valence-electron chi connectivity index (χ0n) is 16.8. The van der Waals surface area contributed by atoms with E-state index < -0.39 is 0 Å². The Morgan fingerprint density at radius 3 is 1.79 bits per heavy atom. The van der Waals surface area contributed by atoms with Gasteiger partial charge in [-0.05, 0) is 61.5 Å². The van der Waals surface area contributed by atoms with E-state index in [1.807, 2.05) is 0 Å². The number of likely N-dealkylation sites (N-methyl/N-ethyl adjacent to an activating group) is 2. The molecule has 1 aliphatic heterocycles. The van der Waals surface area contributed by atoms with Gasteiger partial charge >= 0.3 is 0 Å². The maximum absolute atomic E-state index is 3.59. The molecule has 0 unspecified atom stereocenters. The molecule has 29 heavy (non-hydrogen) atoms. The van der Waals surface area contributed by atoms with Crippen molar-refractivity contribution in [1.29, 1.82) is 0 Å². The number of hydrogen-bond donors (Lipinski definition) is 0. The molecule has 1 saturated heterocycles. The number of benzene rings is 3. The van der Waals surface area contributed by atoms with Gasteiger partial charge in [0.05, 0.1) is 12.1 Å². The molecule has 0 radical (unpaired) electrons. The van der Waals surface area contributed by atoms with E-state index in [2.05, 4.69) is 135 Å². The van der Waals surface area contributed by atoms with Crippen LogP contribution in [-0.4, -0.2) is 36.5 Å². The van der Waals surface area contributed by atoms with E-state index in [0.717, 1.165) is 21.9 Å². The fourth-order valence-electron chi connectivity index (χ4n) is 4.53. The van der Waals surface area contributed by atoms with Gasteiger partial charge in [0.15, 0.2) is 0 Å². The summed E-state index contributed by atoms with van der Waals surface area (Å²) in [6.45, 7) is 1.04. The highest BCUT2D eigenvalue weighted by Crippen LogP contribution is 2.42. The second-order valence-electron chi connectivity index (χ2n) is 7.94. The van der Waals surface area contributed by atoms with Crippen LogP contribution in [0.1, 0.15) is 28.8 Å². The number of hydrogen-bond acceptors (Lipinski definition) is 2. The Labute approximate surface area is 190 Å². The second-order valence-corrected chi connectivity index (χ2v) is 9.77. The minimum atomic E-state index is 0.289. The molecule has 0 amide bonds. The van der Waals surface area contributed by atoms with E-state index in [0.29, 0.717) is 12.1 Å². The average molecular weight is 514 g/mol. The molecule has 4 heteroatoms. The first kappa shape index (κ1) is 20.8. The first-order valence-corrected chi connectivity index (χ1v) is 11.6. The number of nitrogens with zero attached hydrogens (tertiary/aromatic N) is 2. The van der Waals surface area contributed by atoms with Crippen molar-refractivity contribution >= 4 is 31.9 Å². The lowest BCUT2D eigenvalue weighted by Crippen LogP contribution is -2.54. The van der Waals surface area contributed by atoms with Gasteiger partial charge in [-0.2, -0.15) is 0 Å². The van der Waals surface area contributed by atoms with E-state index in [1.54, 1.807) is 0 Å². The minimum Gasteiger partial charge on any atom is -0.296 e. The monoisotopic (exact) mass is 512 g/mol. The molecule has 3 aromatic carbocycles. The molecule has 2 nitrogen and oxygen atoms in total. The fourth-order valence-corrected chi connectivity index (χ4v) is 5.06. The largest absolute Gasteiger partial charge is 0.296 e. The van der Waals surface area contributed by atoms with Gasteiger partial charge in [-0.15, -0.1) is 0 Å². The third kappa shape index (κ3) is 4.66. The van der Waals surface area contributed by atoms with Crippen LogP contribution in [0.15, 0.2) is 87.8 Å². The van der Waals surface area contributed by atoms with Crippen molar-refractivity contribution in [2.24, 2.45) is 0 Å². The normalized spacial score (nSPS) is 23.2. The van der Waals surface area contributed by atoms with Crippen molar-refractivity contribution in [3.05, 3.63) is 104 Å². The lowest BCUT2D eigenvalue weighted by atomic mass is 9.86. The quantitative estimate of drug-likeness (QED) is 0.393. The van der Waals surface area contributed by atoms with Gasteiger partial charge in [0.1, 0.15) is 0 Å². The first-order chi connectivity index (χ1) is 14.0. The summed E-state index contributed by atoms with van der Waals surface area (Å²) in [6.07, 6.45) is 1.06. The maximum Gasteiger partial charge on any atom is 0.0545 e. The molecule has 0 saturated carbocycles. The van der Waals surface area contributed by atoms with Gasteiger partial charge in [-0.3, -0.25) is 9.80 Å². The highest BCUT2D eigenvalue weighted by Gasteiger charge is 2.39. The topological polar surface area (TPSA) is 6.48 Å². The van der Waals surface area contributed by atoms with Crippen LogP contribution in [-0.2, 0) is 6.42 Å². The van der Waals surface area contributed by atoms with Crippen molar-refractivity contribution in [2.75, 3.05) is 20.6 Å². The molecule has 4 rings (SSSR count). The summed E-state index contributed by atoms with van der Waals surface area (Å²) >= 11 is 7.17. The van der Waals surface area contributed by atoms with E-state index in [1.165, 1.54) is 16.7 Å². The highest BCUT2D eigenvalue weighted by atomic mass is 79.9. The van der Waals surface area contributed by atoms with E-state index in [9.17, 15) is 0 Å². The Kier molecular flexibility index (Phi) is 6.55. The molecule has 1 aliphatic rings. The third-order valence-electron chi connectivity index (χ3n) is 6.02. The lowest BCUT2D eigenvalue weighted by Gasteiger charge is -2.50. The number of piperazine rings is 1. The summed E-state index contributed by atoms with van der Waals surface area (Å²) in [6, 6.07) is 29.5. The van der Waals surface area contributed by atoms with Crippen molar-refractivity contribution in [2.45, 2.75) is 24.5 Å². The Bertz CT molecular complexity index is 925. The molecular weight excluding hydrogens is 488 g/mol. The first-order valence-electron chi connectivity index (χ1n) is 10.00. The predicted molar refractivity (Wildman–Crippen MR) is 128 cm³/mol. The molecule has 0 aromatic heterocycles. The zero-order valence-corrected chi connectivity index (χ0v) is 20.0. The van der Waals surface area contributed by atoms with Crippen LogP contribution in [0.5, 0.6) is 0 Å². The average Bonchev–Trinajstić information content (AvgIpc) is 2.73. The molecule has 3 aromatic rings. The summed E-state index contributed by atoms with van der Waals surface area (Å²) in [5, 5.41) is 0. The third-order valence-corrected chi connectivity index (χ3v) is 7.08. The lowest BCUT2D eigenvalue weighted by molar-refractivity contribution is 0.00510. The minimum absolute atomic E-state index is 0.289.